The summed E-state index contributed by atoms with van der Waals surface area (Å²) < 4.78 is 5.44. The average molecular weight is 237 g/mol. The van der Waals surface area contributed by atoms with Crippen molar-refractivity contribution in [1.29, 1.82) is 0 Å². The number of methoxy groups -OCH3 is 1. The Bertz CT molecular complexity index is 342. The quantitative estimate of drug-likeness (QED) is 0.877. The molecule has 2 rings (SSSR count). The lowest BCUT2D eigenvalue weighted by molar-refractivity contribution is 0.387. The average Bonchev–Trinajstić information content (AvgIpc) is 2.38. The van der Waals surface area contributed by atoms with Gasteiger partial charge < -0.3 is 10.5 Å². The summed E-state index contributed by atoms with van der Waals surface area (Å²) in [6.45, 7) is 0.774. The molecule has 1 fully saturated rings. The highest BCUT2D eigenvalue weighted by atomic mass is 32.2. The fourth-order valence-corrected chi connectivity index (χ4v) is 3.67. The van der Waals surface area contributed by atoms with Crippen LogP contribution in [0.15, 0.2) is 24.3 Å². The number of para-hydroxylation sites is 1. The minimum absolute atomic E-state index is 0.572. The van der Waals surface area contributed by atoms with Crippen LogP contribution in [0.25, 0.3) is 0 Å². The van der Waals surface area contributed by atoms with E-state index in [1.807, 2.05) is 23.9 Å². The Balaban J connectivity index is 2.26. The third-order valence-corrected chi connectivity index (χ3v) is 4.50. The molecule has 2 atom stereocenters. The number of hydrogen-bond acceptors (Lipinski definition) is 3. The van der Waals surface area contributed by atoms with Gasteiger partial charge in [0.2, 0.25) is 0 Å². The minimum Gasteiger partial charge on any atom is -0.496 e. The molecule has 3 heteroatoms. The molecule has 1 saturated heterocycles. The van der Waals surface area contributed by atoms with Crippen LogP contribution in [0.1, 0.15) is 17.9 Å². The number of thioether (sulfide) groups is 1. The molecule has 0 amide bonds. The largest absolute Gasteiger partial charge is 0.496 e. The van der Waals surface area contributed by atoms with E-state index in [1.54, 1.807) is 7.11 Å². The molecule has 2 N–H and O–H groups in total. The van der Waals surface area contributed by atoms with E-state index in [-0.39, 0.29) is 0 Å². The lowest BCUT2D eigenvalue weighted by Crippen LogP contribution is -2.28. The van der Waals surface area contributed by atoms with Crippen LogP contribution >= 0.6 is 11.8 Å². The van der Waals surface area contributed by atoms with Gasteiger partial charge >= 0.3 is 0 Å². The third kappa shape index (κ3) is 2.36. The zero-order valence-electron chi connectivity index (χ0n) is 9.69. The van der Waals surface area contributed by atoms with Gasteiger partial charge in [-0.15, -0.1) is 0 Å². The van der Waals surface area contributed by atoms with Crippen LogP contribution in [0.4, 0.5) is 0 Å². The molecule has 0 saturated carbocycles. The molecule has 88 valence electrons. The topological polar surface area (TPSA) is 35.2 Å². The van der Waals surface area contributed by atoms with Gasteiger partial charge in [-0.3, -0.25) is 0 Å². The molecule has 0 aliphatic carbocycles. The van der Waals surface area contributed by atoms with Crippen LogP contribution in [0, 0.1) is 5.92 Å². The summed E-state index contributed by atoms with van der Waals surface area (Å²) in [5, 5.41) is 0. The van der Waals surface area contributed by atoms with Gasteiger partial charge in [0.25, 0.3) is 0 Å². The normalized spacial score (nSPS) is 25.4. The zero-order valence-corrected chi connectivity index (χ0v) is 10.5. The van der Waals surface area contributed by atoms with Crippen LogP contribution in [0.2, 0.25) is 0 Å². The smallest absolute Gasteiger partial charge is 0.122 e. The lowest BCUT2D eigenvalue weighted by Gasteiger charge is -2.31. The first-order valence-corrected chi connectivity index (χ1v) is 6.93. The zero-order chi connectivity index (χ0) is 11.4. The molecule has 0 aromatic heterocycles. The summed E-state index contributed by atoms with van der Waals surface area (Å²) in [6.07, 6.45) is 1.22. The van der Waals surface area contributed by atoms with Crippen LogP contribution in [-0.4, -0.2) is 25.2 Å². The number of rotatable bonds is 3. The highest BCUT2D eigenvalue weighted by Gasteiger charge is 2.27. The predicted octanol–water partition coefficient (Wildman–Crippen LogP) is 2.49. The van der Waals surface area contributed by atoms with Crippen molar-refractivity contribution in [3.8, 4) is 5.75 Å². The Morgan fingerprint density at radius 1 is 1.44 bits per heavy atom. The highest BCUT2D eigenvalue weighted by Crippen LogP contribution is 2.39. The maximum atomic E-state index is 5.87. The monoisotopic (exact) mass is 237 g/mol. The van der Waals surface area contributed by atoms with E-state index in [2.05, 4.69) is 12.1 Å². The fraction of sp³-hybridized carbons (Fsp3) is 0.538. The number of ether oxygens (including phenoxy) is 1. The second kappa shape index (κ2) is 5.60. The maximum Gasteiger partial charge on any atom is 0.122 e. The van der Waals surface area contributed by atoms with Gasteiger partial charge in [-0.1, -0.05) is 18.2 Å². The van der Waals surface area contributed by atoms with Gasteiger partial charge in [-0.05, 0) is 47.9 Å². The predicted molar refractivity (Wildman–Crippen MR) is 70.2 cm³/mol. The number of benzene rings is 1. The second-order valence-corrected chi connectivity index (χ2v) is 5.36. The van der Waals surface area contributed by atoms with Gasteiger partial charge in [0.15, 0.2) is 0 Å². The van der Waals surface area contributed by atoms with E-state index in [0.717, 1.165) is 12.3 Å². The van der Waals surface area contributed by atoms with Gasteiger partial charge in [-0.2, -0.15) is 11.8 Å². The molecule has 2 nitrogen and oxygen atoms in total. The molecule has 1 aliphatic rings. The van der Waals surface area contributed by atoms with Crippen molar-refractivity contribution in [3.05, 3.63) is 29.8 Å². The molecule has 0 spiro atoms. The Morgan fingerprint density at radius 2 is 2.25 bits per heavy atom. The minimum atomic E-state index is 0.572. The third-order valence-electron chi connectivity index (χ3n) is 3.32. The van der Waals surface area contributed by atoms with Crippen molar-refractivity contribution in [2.75, 3.05) is 25.2 Å². The molecule has 0 bridgehead atoms. The summed E-state index contributed by atoms with van der Waals surface area (Å²) in [7, 11) is 1.74. The maximum absolute atomic E-state index is 5.87. The Morgan fingerprint density at radius 3 is 3.00 bits per heavy atom. The van der Waals surface area contributed by atoms with Gasteiger partial charge in [0.05, 0.1) is 7.11 Å². The van der Waals surface area contributed by atoms with Crippen molar-refractivity contribution >= 4 is 11.8 Å². The van der Waals surface area contributed by atoms with E-state index < -0.39 is 0 Å². The van der Waals surface area contributed by atoms with Gasteiger partial charge in [0.1, 0.15) is 5.75 Å². The summed E-state index contributed by atoms with van der Waals surface area (Å²) in [5.74, 6) is 4.59. The number of nitrogens with two attached hydrogens (primary N) is 1. The molecule has 1 aromatic carbocycles. The van der Waals surface area contributed by atoms with E-state index in [9.17, 15) is 0 Å². The van der Waals surface area contributed by atoms with Gasteiger partial charge in [0, 0.05) is 0 Å². The Kier molecular flexibility index (Phi) is 4.13. The molecule has 1 aliphatic heterocycles. The van der Waals surface area contributed by atoms with E-state index in [4.69, 9.17) is 10.5 Å². The molecular weight excluding hydrogens is 218 g/mol. The second-order valence-electron chi connectivity index (χ2n) is 4.21. The summed E-state index contributed by atoms with van der Waals surface area (Å²) in [5.41, 5.74) is 7.20. The molecule has 2 unspecified atom stereocenters. The lowest BCUT2D eigenvalue weighted by atomic mass is 9.84. The van der Waals surface area contributed by atoms with Crippen LogP contribution in [0.3, 0.4) is 0 Å². The van der Waals surface area contributed by atoms with Crippen molar-refractivity contribution in [3.63, 3.8) is 0 Å². The van der Waals surface area contributed by atoms with Crippen molar-refractivity contribution in [2.24, 2.45) is 11.7 Å². The molecule has 1 aromatic rings. The highest BCUT2D eigenvalue weighted by molar-refractivity contribution is 7.99. The first-order valence-electron chi connectivity index (χ1n) is 5.77. The van der Waals surface area contributed by atoms with Gasteiger partial charge in [-0.25, -0.2) is 0 Å². The molecule has 1 heterocycles. The number of hydrogen-bond donors (Lipinski definition) is 1. The van der Waals surface area contributed by atoms with Crippen LogP contribution in [-0.2, 0) is 0 Å². The molecule has 16 heavy (non-hydrogen) atoms. The Hall–Kier alpha value is -0.670. The molecular formula is C13H19NOS. The Labute approximate surface area is 102 Å². The summed E-state index contributed by atoms with van der Waals surface area (Å²) in [4.78, 5) is 0. The summed E-state index contributed by atoms with van der Waals surface area (Å²) >= 11 is 2.02. The molecule has 0 radical (unpaired) electrons. The van der Waals surface area contributed by atoms with E-state index in [1.165, 1.54) is 23.5 Å². The van der Waals surface area contributed by atoms with E-state index in [0.29, 0.717) is 11.8 Å². The van der Waals surface area contributed by atoms with E-state index >= 15 is 0 Å². The first-order chi connectivity index (χ1) is 7.86. The van der Waals surface area contributed by atoms with Crippen molar-refractivity contribution in [1.82, 2.24) is 0 Å². The fourth-order valence-electron chi connectivity index (χ4n) is 2.41. The SMILES string of the molecule is COc1ccccc1C1CCSCC1CN. The summed E-state index contributed by atoms with van der Waals surface area (Å²) in [6, 6.07) is 8.34. The van der Waals surface area contributed by atoms with Crippen LogP contribution < -0.4 is 10.5 Å². The standard InChI is InChI=1S/C13H19NOS/c1-15-13-5-3-2-4-12(13)11-6-7-16-9-10(11)8-14/h2-5,10-11H,6-9,14H2,1H3. The van der Waals surface area contributed by atoms with Crippen molar-refractivity contribution < 1.29 is 4.74 Å². The first kappa shape index (κ1) is 11.8. The van der Waals surface area contributed by atoms with Crippen LogP contribution in [0.5, 0.6) is 5.75 Å². The van der Waals surface area contributed by atoms with Crippen molar-refractivity contribution in [2.45, 2.75) is 12.3 Å².